The van der Waals surface area contributed by atoms with Crippen LogP contribution >= 0.6 is 0 Å². The van der Waals surface area contributed by atoms with Gasteiger partial charge in [0.25, 0.3) is 0 Å². The summed E-state index contributed by atoms with van der Waals surface area (Å²) in [6.45, 7) is 5.29. The van der Waals surface area contributed by atoms with Crippen molar-refractivity contribution in [1.82, 2.24) is 20.1 Å². The lowest BCUT2D eigenvalue weighted by molar-refractivity contribution is -0.122. The van der Waals surface area contributed by atoms with Gasteiger partial charge in [-0.1, -0.05) is 12.1 Å². The van der Waals surface area contributed by atoms with Crippen LogP contribution in [0.1, 0.15) is 49.6 Å². The molecule has 2 heterocycles. The topological polar surface area (TPSA) is 89.0 Å². The number of aromatic nitrogens is 3. The van der Waals surface area contributed by atoms with Crippen molar-refractivity contribution in [2.24, 2.45) is 0 Å². The standard InChI is InChI=1S/C20H28N4O3/c1-3-27-17-9-7-15(13-14(17)2)5-4-6-19(25)21-16-8-10-18-22-23-20(26)24(18)12-11-16/h7,9,13,16H,3-6,8,10-12H2,1-2H3,(H,21,25)(H,23,26). The third kappa shape index (κ3) is 4.99. The van der Waals surface area contributed by atoms with E-state index in [0.717, 1.165) is 42.8 Å². The summed E-state index contributed by atoms with van der Waals surface area (Å²) in [6.07, 6.45) is 4.47. The fraction of sp³-hybridized carbons (Fsp3) is 0.550. The van der Waals surface area contributed by atoms with Crippen molar-refractivity contribution in [3.63, 3.8) is 0 Å². The van der Waals surface area contributed by atoms with Crippen molar-refractivity contribution < 1.29 is 9.53 Å². The van der Waals surface area contributed by atoms with Crippen LogP contribution in [0.5, 0.6) is 5.75 Å². The Morgan fingerprint density at radius 1 is 1.41 bits per heavy atom. The molecule has 0 radical (unpaired) electrons. The maximum atomic E-state index is 12.3. The number of carbonyl (C=O) groups is 1. The van der Waals surface area contributed by atoms with E-state index in [1.54, 1.807) is 4.57 Å². The van der Waals surface area contributed by atoms with Gasteiger partial charge in [0, 0.05) is 25.4 Å². The number of nitrogens with zero attached hydrogens (tertiary/aromatic N) is 2. The maximum Gasteiger partial charge on any atom is 0.343 e. The van der Waals surface area contributed by atoms with Crippen molar-refractivity contribution in [2.75, 3.05) is 6.61 Å². The molecule has 0 fully saturated rings. The van der Waals surface area contributed by atoms with E-state index >= 15 is 0 Å². The first-order chi connectivity index (χ1) is 13.1. The second kappa shape index (κ2) is 8.88. The fourth-order valence-electron chi connectivity index (χ4n) is 3.59. The first-order valence-electron chi connectivity index (χ1n) is 9.72. The smallest absolute Gasteiger partial charge is 0.343 e. The highest BCUT2D eigenvalue weighted by atomic mass is 16.5. The fourth-order valence-corrected chi connectivity index (χ4v) is 3.59. The van der Waals surface area contributed by atoms with Crippen molar-refractivity contribution in [1.29, 1.82) is 0 Å². The zero-order chi connectivity index (χ0) is 19.2. The Hall–Kier alpha value is -2.57. The lowest BCUT2D eigenvalue weighted by Crippen LogP contribution is -2.35. The van der Waals surface area contributed by atoms with Gasteiger partial charge in [-0.3, -0.25) is 9.36 Å². The van der Waals surface area contributed by atoms with Crippen LogP contribution in [0.25, 0.3) is 0 Å². The minimum atomic E-state index is -0.164. The number of H-pyrrole nitrogens is 1. The highest BCUT2D eigenvalue weighted by Crippen LogP contribution is 2.20. The SMILES string of the molecule is CCOc1ccc(CCCC(=O)NC2CCc3n[nH]c(=O)n3CC2)cc1C. The molecule has 0 spiro atoms. The molecule has 1 unspecified atom stereocenters. The van der Waals surface area contributed by atoms with Gasteiger partial charge in [0.1, 0.15) is 11.6 Å². The zero-order valence-corrected chi connectivity index (χ0v) is 16.1. The minimum Gasteiger partial charge on any atom is -0.494 e. The Morgan fingerprint density at radius 2 is 2.26 bits per heavy atom. The summed E-state index contributed by atoms with van der Waals surface area (Å²) in [5, 5.41) is 9.64. The summed E-state index contributed by atoms with van der Waals surface area (Å²) >= 11 is 0. The van der Waals surface area contributed by atoms with Crippen molar-refractivity contribution in [2.45, 2.75) is 65.0 Å². The summed E-state index contributed by atoms with van der Waals surface area (Å²) < 4.78 is 7.23. The van der Waals surface area contributed by atoms with E-state index in [-0.39, 0.29) is 17.6 Å². The molecular weight excluding hydrogens is 344 g/mol. The molecule has 146 valence electrons. The monoisotopic (exact) mass is 372 g/mol. The predicted molar refractivity (Wildman–Crippen MR) is 103 cm³/mol. The van der Waals surface area contributed by atoms with Gasteiger partial charge >= 0.3 is 5.69 Å². The molecule has 1 aliphatic heterocycles. The lowest BCUT2D eigenvalue weighted by Gasteiger charge is -2.16. The summed E-state index contributed by atoms with van der Waals surface area (Å²) in [5.74, 6) is 1.78. The van der Waals surface area contributed by atoms with Gasteiger partial charge in [0.15, 0.2) is 0 Å². The number of hydrogen-bond donors (Lipinski definition) is 2. The average Bonchev–Trinajstić information content (AvgIpc) is 2.86. The van der Waals surface area contributed by atoms with E-state index < -0.39 is 0 Å². The largest absolute Gasteiger partial charge is 0.494 e. The van der Waals surface area contributed by atoms with Crippen molar-refractivity contribution in [3.05, 3.63) is 45.6 Å². The predicted octanol–water partition coefficient (Wildman–Crippen LogP) is 2.12. The first kappa shape index (κ1) is 19.2. The molecule has 3 rings (SSSR count). The summed E-state index contributed by atoms with van der Waals surface area (Å²) in [4.78, 5) is 23.9. The third-order valence-electron chi connectivity index (χ3n) is 5.03. The Labute approximate surface area is 159 Å². The van der Waals surface area contributed by atoms with Crippen molar-refractivity contribution in [3.8, 4) is 5.75 Å². The molecule has 0 saturated carbocycles. The molecule has 1 aromatic carbocycles. The lowest BCUT2D eigenvalue weighted by atomic mass is 10.0. The highest BCUT2D eigenvalue weighted by molar-refractivity contribution is 5.76. The van der Waals surface area contributed by atoms with Gasteiger partial charge in [-0.05, 0) is 56.7 Å². The molecule has 0 bridgehead atoms. The van der Waals surface area contributed by atoms with E-state index in [0.29, 0.717) is 26.0 Å². The van der Waals surface area contributed by atoms with Gasteiger partial charge in [-0.15, -0.1) is 0 Å². The molecule has 0 aliphatic carbocycles. The number of aryl methyl sites for hydroxylation is 3. The quantitative estimate of drug-likeness (QED) is 0.779. The average molecular weight is 372 g/mol. The van der Waals surface area contributed by atoms with Gasteiger partial charge in [0.05, 0.1) is 6.61 Å². The van der Waals surface area contributed by atoms with Crippen LogP contribution < -0.4 is 15.7 Å². The van der Waals surface area contributed by atoms with Crippen LogP contribution in [0, 0.1) is 6.92 Å². The Kier molecular flexibility index (Phi) is 6.32. The number of carbonyl (C=O) groups excluding carboxylic acids is 1. The third-order valence-corrected chi connectivity index (χ3v) is 5.03. The normalized spacial score (nSPS) is 16.4. The number of ether oxygens (including phenoxy) is 1. The van der Waals surface area contributed by atoms with E-state index in [9.17, 15) is 9.59 Å². The number of rotatable bonds is 7. The molecule has 27 heavy (non-hydrogen) atoms. The second-order valence-corrected chi connectivity index (χ2v) is 7.07. The molecule has 2 aromatic rings. The van der Waals surface area contributed by atoms with Crippen molar-refractivity contribution >= 4 is 5.91 Å². The number of benzene rings is 1. The van der Waals surface area contributed by atoms with Crippen LogP contribution in [-0.4, -0.2) is 33.3 Å². The van der Waals surface area contributed by atoms with E-state index in [2.05, 4.69) is 27.6 Å². The molecule has 1 aliphatic rings. The van der Waals surface area contributed by atoms with Gasteiger partial charge < -0.3 is 10.1 Å². The van der Waals surface area contributed by atoms with E-state index in [1.807, 2.05) is 19.9 Å². The maximum absolute atomic E-state index is 12.3. The molecule has 7 nitrogen and oxygen atoms in total. The molecule has 1 atom stereocenters. The number of aromatic amines is 1. The summed E-state index contributed by atoms with van der Waals surface area (Å²) in [5.41, 5.74) is 2.19. The highest BCUT2D eigenvalue weighted by Gasteiger charge is 2.20. The summed E-state index contributed by atoms with van der Waals surface area (Å²) in [7, 11) is 0. The molecule has 1 aromatic heterocycles. The Morgan fingerprint density at radius 3 is 3.04 bits per heavy atom. The summed E-state index contributed by atoms with van der Waals surface area (Å²) in [6, 6.07) is 6.31. The molecule has 2 N–H and O–H groups in total. The first-order valence-corrected chi connectivity index (χ1v) is 9.72. The Bertz CT molecular complexity index is 840. The van der Waals surface area contributed by atoms with Crippen LogP contribution in [0.2, 0.25) is 0 Å². The molecular formula is C20H28N4O3. The van der Waals surface area contributed by atoms with Crippen LogP contribution in [0.15, 0.2) is 23.0 Å². The number of nitrogens with one attached hydrogen (secondary N) is 2. The van der Waals surface area contributed by atoms with Crippen LogP contribution in [0.3, 0.4) is 0 Å². The molecule has 7 heteroatoms. The van der Waals surface area contributed by atoms with Gasteiger partial charge in [-0.25, -0.2) is 9.89 Å². The molecule has 1 amide bonds. The minimum absolute atomic E-state index is 0.0797. The second-order valence-electron chi connectivity index (χ2n) is 7.07. The van der Waals surface area contributed by atoms with Gasteiger partial charge in [0.2, 0.25) is 5.91 Å². The van der Waals surface area contributed by atoms with Crippen LogP contribution in [0.4, 0.5) is 0 Å². The van der Waals surface area contributed by atoms with Crippen LogP contribution in [-0.2, 0) is 24.2 Å². The zero-order valence-electron chi connectivity index (χ0n) is 16.1. The number of hydrogen-bond acceptors (Lipinski definition) is 4. The van der Waals surface area contributed by atoms with Gasteiger partial charge in [-0.2, -0.15) is 5.10 Å². The molecule has 0 saturated heterocycles. The number of fused-ring (bicyclic) bond motifs is 1. The number of amides is 1. The Balaban J connectivity index is 1.42. The van der Waals surface area contributed by atoms with E-state index in [1.165, 1.54) is 5.56 Å². The van der Waals surface area contributed by atoms with E-state index in [4.69, 9.17) is 4.74 Å².